The maximum Gasteiger partial charge on any atom is 0.416 e. The lowest BCUT2D eigenvalue weighted by Gasteiger charge is -2.44. The third-order valence-electron chi connectivity index (χ3n) is 4.52. The summed E-state index contributed by atoms with van der Waals surface area (Å²) >= 11 is 1.80. The summed E-state index contributed by atoms with van der Waals surface area (Å²) in [5.41, 5.74) is -2.43. The van der Waals surface area contributed by atoms with E-state index in [-0.39, 0.29) is 21.6 Å². The van der Waals surface area contributed by atoms with E-state index >= 15 is 0 Å². The van der Waals surface area contributed by atoms with E-state index in [1.165, 1.54) is 12.1 Å². The lowest BCUT2D eigenvalue weighted by molar-refractivity contribution is -0.141. The van der Waals surface area contributed by atoms with Crippen molar-refractivity contribution in [3.8, 4) is 6.07 Å². The Morgan fingerprint density at radius 3 is 2.41 bits per heavy atom. The van der Waals surface area contributed by atoms with Crippen molar-refractivity contribution in [2.45, 2.75) is 54.4 Å². The number of aliphatic hydroxyl groups is 1. The highest BCUT2D eigenvalue weighted by Crippen LogP contribution is 2.51. The molecule has 22 heavy (non-hydrogen) atoms. The maximum atomic E-state index is 13.4. The van der Waals surface area contributed by atoms with Crippen LogP contribution in [0.3, 0.4) is 0 Å². The Labute approximate surface area is 131 Å². The van der Waals surface area contributed by atoms with Crippen LogP contribution in [-0.2, 0) is 11.8 Å². The number of alkyl halides is 3. The molecule has 2 aliphatic rings. The van der Waals surface area contributed by atoms with Gasteiger partial charge in [-0.2, -0.15) is 30.2 Å². The van der Waals surface area contributed by atoms with Crippen LogP contribution < -0.4 is 0 Å². The zero-order valence-corrected chi connectivity index (χ0v) is 12.7. The van der Waals surface area contributed by atoms with E-state index < -0.39 is 17.3 Å². The second kappa shape index (κ2) is 5.47. The number of benzene rings is 1. The molecule has 2 heterocycles. The molecule has 0 aliphatic carbocycles. The average molecular weight is 327 g/mol. The maximum absolute atomic E-state index is 13.4. The van der Waals surface area contributed by atoms with Crippen molar-refractivity contribution < 1.29 is 18.3 Å². The van der Waals surface area contributed by atoms with Crippen molar-refractivity contribution in [1.29, 1.82) is 5.26 Å². The van der Waals surface area contributed by atoms with Gasteiger partial charge in [0.25, 0.3) is 0 Å². The molecule has 2 nitrogen and oxygen atoms in total. The summed E-state index contributed by atoms with van der Waals surface area (Å²) in [6.07, 6.45) is -0.899. The van der Waals surface area contributed by atoms with Gasteiger partial charge in [-0.1, -0.05) is 12.5 Å². The monoisotopic (exact) mass is 327 g/mol. The van der Waals surface area contributed by atoms with Crippen LogP contribution in [0.2, 0.25) is 0 Å². The average Bonchev–Trinajstić information content (AvgIpc) is 2.45. The lowest BCUT2D eigenvalue weighted by atomic mass is 9.78. The summed E-state index contributed by atoms with van der Waals surface area (Å²) in [5, 5.41) is 20.2. The predicted octanol–water partition coefficient (Wildman–Crippen LogP) is 4.21. The first-order valence-corrected chi connectivity index (χ1v) is 8.26. The van der Waals surface area contributed by atoms with Crippen LogP contribution in [-0.4, -0.2) is 15.6 Å². The van der Waals surface area contributed by atoms with Crippen molar-refractivity contribution in [2.75, 3.05) is 0 Å². The first-order chi connectivity index (χ1) is 10.3. The molecule has 0 aromatic heterocycles. The van der Waals surface area contributed by atoms with Crippen LogP contribution in [0.1, 0.15) is 48.8 Å². The van der Waals surface area contributed by atoms with Crippen molar-refractivity contribution >= 4 is 11.8 Å². The fourth-order valence-corrected chi connectivity index (χ4v) is 5.49. The Kier molecular flexibility index (Phi) is 3.90. The van der Waals surface area contributed by atoms with Crippen LogP contribution >= 0.6 is 11.8 Å². The van der Waals surface area contributed by atoms with Crippen LogP contribution in [0.15, 0.2) is 18.2 Å². The number of hydrogen-bond acceptors (Lipinski definition) is 3. The Morgan fingerprint density at radius 2 is 1.86 bits per heavy atom. The SMILES string of the molecule is N#Cc1ccc(C2(O)CC3CCCC(C2)S3)c(C(F)(F)F)c1. The van der Waals surface area contributed by atoms with Crippen molar-refractivity contribution in [3.05, 3.63) is 34.9 Å². The highest BCUT2D eigenvalue weighted by molar-refractivity contribution is 8.00. The quantitative estimate of drug-likeness (QED) is 0.840. The summed E-state index contributed by atoms with van der Waals surface area (Å²) in [6, 6.07) is 5.23. The van der Waals surface area contributed by atoms with Gasteiger partial charge in [-0.15, -0.1) is 0 Å². The molecular weight excluding hydrogens is 311 g/mol. The van der Waals surface area contributed by atoms with E-state index in [1.54, 1.807) is 17.8 Å². The lowest BCUT2D eigenvalue weighted by Crippen LogP contribution is -2.41. The van der Waals surface area contributed by atoms with Gasteiger partial charge in [0.1, 0.15) is 0 Å². The van der Waals surface area contributed by atoms with Crippen LogP contribution in [0.4, 0.5) is 13.2 Å². The largest absolute Gasteiger partial charge is 0.416 e. The van der Waals surface area contributed by atoms with E-state index in [1.807, 2.05) is 0 Å². The third kappa shape index (κ3) is 2.84. The van der Waals surface area contributed by atoms with Crippen molar-refractivity contribution in [1.82, 2.24) is 0 Å². The number of fused-ring (bicyclic) bond motifs is 2. The van der Waals surface area contributed by atoms with Crippen molar-refractivity contribution in [2.24, 2.45) is 0 Å². The zero-order valence-electron chi connectivity index (χ0n) is 11.9. The predicted molar refractivity (Wildman–Crippen MR) is 78.3 cm³/mol. The van der Waals surface area contributed by atoms with E-state index in [9.17, 15) is 18.3 Å². The first-order valence-electron chi connectivity index (χ1n) is 7.31. The van der Waals surface area contributed by atoms with Gasteiger partial charge >= 0.3 is 6.18 Å². The van der Waals surface area contributed by atoms with Gasteiger partial charge in [0, 0.05) is 10.5 Å². The molecule has 2 atom stereocenters. The molecular formula is C16H16F3NOS. The van der Waals surface area contributed by atoms with Gasteiger partial charge in [0.15, 0.2) is 0 Å². The van der Waals surface area contributed by atoms with Gasteiger partial charge in [-0.3, -0.25) is 0 Å². The fourth-order valence-electron chi connectivity index (χ4n) is 3.59. The Bertz CT molecular complexity index is 611. The molecule has 3 rings (SSSR count). The molecule has 0 spiro atoms. The minimum Gasteiger partial charge on any atom is -0.385 e. The molecule has 2 unspecified atom stereocenters. The van der Waals surface area contributed by atoms with Gasteiger partial charge in [-0.25, -0.2) is 0 Å². The molecule has 1 aromatic rings. The summed E-state index contributed by atoms with van der Waals surface area (Å²) < 4.78 is 40.1. The molecule has 2 saturated heterocycles. The number of nitrogens with zero attached hydrogens (tertiary/aromatic N) is 1. The highest BCUT2D eigenvalue weighted by atomic mass is 32.2. The molecule has 2 fully saturated rings. The Hall–Kier alpha value is -1.19. The summed E-state index contributed by atoms with van der Waals surface area (Å²) in [7, 11) is 0. The molecule has 118 valence electrons. The van der Waals surface area contributed by atoms with Crippen molar-refractivity contribution in [3.63, 3.8) is 0 Å². The second-order valence-electron chi connectivity index (χ2n) is 6.12. The zero-order chi connectivity index (χ0) is 16.0. The normalized spacial score (nSPS) is 31.6. The van der Waals surface area contributed by atoms with Crippen LogP contribution in [0.5, 0.6) is 0 Å². The minimum absolute atomic E-state index is 0.0370. The Morgan fingerprint density at radius 1 is 1.23 bits per heavy atom. The number of rotatable bonds is 1. The number of nitriles is 1. The molecule has 0 saturated carbocycles. The van der Waals surface area contributed by atoms with Crippen LogP contribution in [0, 0.1) is 11.3 Å². The molecule has 0 amide bonds. The van der Waals surface area contributed by atoms with E-state index in [0.29, 0.717) is 12.8 Å². The molecule has 2 bridgehead atoms. The van der Waals surface area contributed by atoms with Gasteiger partial charge in [0.05, 0.1) is 22.8 Å². The highest BCUT2D eigenvalue weighted by Gasteiger charge is 2.46. The van der Waals surface area contributed by atoms with Gasteiger partial charge < -0.3 is 5.11 Å². The molecule has 6 heteroatoms. The summed E-state index contributed by atoms with van der Waals surface area (Å²) in [6.45, 7) is 0. The number of halogens is 3. The molecule has 0 radical (unpaired) electrons. The number of thioether (sulfide) groups is 1. The second-order valence-corrected chi connectivity index (χ2v) is 7.73. The minimum atomic E-state index is -4.57. The van der Waals surface area contributed by atoms with E-state index in [0.717, 1.165) is 25.3 Å². The standard InChI is InChI=1S/C16H16F3NOS/c17-16(18,19)14-6-10(9-20)4-5-13(14)15(21)7-11-2-1-3-12(8-15)22-11/h4-6,11-12,21H,1-3,7-8H2. The summed E-state index contributed by atoms with van der Waals surface area (Å²) in [4.78, 5) is 0. The number of hydrogen-bond donors (Lipinski definition) is 1. The van der Waals surface area contributed by atoms with E-state index in [4.69, 9.17) is 5.26 Å². The van der Waals surface area contributed by atoms with Gasteiger partial charge in [0.2, 0.25) is 0 Å². The fraction of sp³-hybridized carbons (Fsp3) is 0.562. The topological polar surface area (TPSA) is 44.0 Å². The van der Waals surface area contributed by atoms with Crippen LogP contribution in [0.25, 0.3) is 0 Å². The third-order valence-corrected chi connectivity index (χ3v) is 6.10. The molecule has 2 aliphatic heterocycles. The summed E-state index contributed by atoms with van der Waals surface area (Å²) in [5.74, 6) is 0. The smallest absolute Gasteiger partial charge is 0.385 e. The molecule has 1 aromatic carbocycles. The Balaban J connectivity index is 2.05. The van der Waals surface area contributed by atoms with Gasteiger partial charge in [-0.05, 0) is 43.4 Å². The molecule has 1 N–H and O–H groups in total. The van der Waals surface area contributed by atoms with E-state index in [2.05, 4.69) is 0 Å². The first kappa shape index (κ1) is 15.7.